The molecule has 2 aliphatic rings. The molecule has 0 unspecified atom stereocenters. The predicted octanol–water partition coefficient (Wildman–Crippen LogP) is 9.12. The highest BCUT2D eigenvalue weighted by molar-refractivity contribution is 5.57. The summed E-state index contributed by atoms with van der Waals surface area (Å²) < 4.78 is 6.16. The minimum Gasteiger partial charge on any atom is -0.492 e. The normalized spacial score (nSPS) is 24.5. The van der Waals surface area contributed by atoms with Crippen LogP contribution >= 0.6 is 0 Å². The van der Waals surface area contributed by atoms with Crippen molar-refractivity contribution in [2.45, 2.75) is 123 Å². The number of hydrogen-bond donors (Lipinski definition) is 0. The Bertz CT molecular complexity index is 832. The minimum atomic E-state index is 0.446. The van der Waals surface area contributed by atoms with Crippen molar-refractivity contribution in [3.05, 3.63) is 28.8 Å². The van der Waals surface area contributed by atoms with Gasteiger partial charge in [-0.2, -0.15) is 10.5 Å². The Balaban J connectivity index is 1.49. The molecule has 0 bridgehead atoms. The predicted molar refractivity (Wildman–Crippen MR) is 144 cm³/mol. The van der Waals surface area contributed by atoms with E-state index in [2.05, 4.69) is 26.0 Å². The first-order chi connectivity index (χ1) is 17.2. The summed E-state index contributed by atoms with van der Waals surface area (Å²) in [5, 5.41) is 19.8. The lowest BCUT2D eigenvalue weighted by Gasteiger charge is -2.29. The van der Waals surface area contributed by atoms with Crippen LogP contribution in [0.4, 0.5) is 0 Å². The molecule has 0 aromatic heterocycles. The molecule has 0 aliphatic heterocycles. The van der Waals surface area contributed by atoms with Gasteiger partial charge in [0.1, 0.15) is 23.5 Å². The average Bonchev–Trinajstić information content (AvgIpc) is 2.90. The zero-order valence-corrected chi connectivity index (χ0v) is 22.5. The number of ether oxygens (including phenoxy) is 1. The average molecular weight is 477 g/mol. The molecule has 3 nitrogen and oxygen atoms in total. The van der Waals surface area contributed by atoms with E-state index in [0.717, 1.165) is 36.2 Å². The fourth-order valence-electron chi connectivity index (χ4n) is 6.43. The quantitative estimate of drug-likeness (QED) is 0.267. The molecule has 1 aromatic carbocycles. The van der Waals surface area contributed by atoms with E-state index in [4.69, 9.17) is 4.74 Å². The maximum Gasteiger partial charge on any atom is 0.138 e. The lowest BCUT2D eigenvalue weighted by molar-refractivity contribution is 0.177. The second-order valence-corrected chi connectivity index (χ2v) is 11.5. The van der Waals surface area contributed by atoms with Gasteiger partial charge in [-0.15, -0.1) is 0 Å². The number of hydrogen-bond acceptors (Lipinski definition) is 3. The Morgan fingerprint density at radius 1 is 0.686 bits per heavy atom. The Morgan fingerprint density at radius 3 is 1.80 bits per heavy atom. The lowest BCUT2D eigenvalue weighted by atomic mass is 9.77. The minimum absolute atomic E-state index is 0.446. The number of benzene rings is 1. The SMILES string of the molecule is CCCCCC1CCC(COc2ccc(CCC3CCC(CCCC)CC3)c(C#N)c2C#N)CC1. The molecule has 2 fully saturated rings. The van der Waals surface area contributed by atoms with Gasteiger partial charge in [0.05, 0.1) is 12.2 Å². The summed E-state index contributed by atoms with van der Waals surface area (Å²) in [6.45, 7) is 5.22. The van der Waals surface area contributed by atoms with E-state index in [-0.39, 0.29) is 0 Å². The van der Waals surface area contributed by atoms with Crippen LogP contribution < -0.4 is 4.74 Å². The topological polar surface area (TPSA) is 56.8 Å². The molecule has 0 saturated heterocycles. The van der Waals surface area contributed by atoms with Gasteiger partial charge in [-0.1, -0.05) is 103 Å². The third kappa shape index (κ3) is 8.56. The zero-order chi connectivity index (χ0) is 24.9. The van der Waals surface area contributed by atoms with Crippen LogP contribution in [0.2, 0.25) is 0 Å². The number of nitriles is 2. The first-order valence-corrected chi connectivity index (χ1v) is 14.8. The molecular formula is C32H48N2O. The second kappa shape index (κ2) is 15.2. The fourth-order valence-corrected chi connectivity index (χ4v) is 6.43. The summed E-state index contributed by atoms with van der Waals surface area (Å²) in [5.74, 6) is 3.76. The summed E-state index contributed by atoms with van der Waals surface area (Å²) in [5.41, 5.74) is 2.01. The van der Waals surface area contributed by atoms with E-state index in [1.54, 1.807) is 0 Å². The van der Waals surface area contributed by atoms with Gasteiger partial charge in [0.15, 0.2) is 0 Å². The summed E-state index contributed by atoms with van der Waals surface area (Å²) in [4.78, 5) is 0. The van der Waals surface area contributed by atoms with E-state index < -0.39 is 0 Å². The van der Waals surface area contributed by atoms with E-state index in [9.17, 15) is 10.5 Å². The van der Waals surface area contributed by atoms with Crippen molar-refractivity contribution in [2.24, 2.45) is 23.7 Å². The standard InChI is InChI=1S/C32H48N2O/c1-3-5-7-9-26-14-16-28(17-15-26)24-35-32-21-20-29(30(22-33)31(32)23-34)19-18-27-12-10-25(11-13-27)8-6-4-2/h20-21,25-28H,3-19,24H2,1-2H3. The Hall–Kier alpha value is -2.00. The summed E-state index contributed by atoms with van der Waals surface area (Å²) in [6, 6.07) is 8.63. The molecule has 2 saturated carbocycles. The van der Waals surface area contributed by atoms with Gasteiger partial charge in [0.2, 0.25) is 0 Å². The Labute approximate surface area is 215 Å². The van der Waals surface area contributed by atoms with Gasteiger partial charge in [0, 0.05) is 0 Å². The van der Waals surface area contributed by atoms with E-state index in [1.165, 1.54) is 96.3 Å². The van der Waals surface area contributed by atoms with Crippen molar-refractivity contribution in [3.8, 4) is 17.9 Å². The largest absolute Gasteiger partial charge is 0.492 e. The lowest BCUT2D eigenvalue weighted by Crippen LogP contribution is -2.20. The van der Waals surface area contributed by atoms with Gasteiger partial charge in [0.25, 0.3) is 0 Å². The van der Waals surface area contributed by atoms with E-state index >= 15 is 0 Å². The van der Waals surface area contributed by atoms with Crippen molar-refractivity contribution in [2.75, 3.05) is 6.61 Å². The monoisotopic (exact) mass is 476 g/mol. The molecule has 3 rings (SSSR count). The number of nitrogens with zero attached hydrogens (tertiary/aromatic N) is 2. The molecule has 0 heterocycles. The molecule has 3 heteroatoms. The molecule has 2 aliphatic carbocycles. The van der Waals surface area contributed by atoms with Crippen LogP contribution in [0.3, 0.4) is 0 Å². The van der Waals surface area contributed by atoms with E-state index in [1.807, 2.05) is 12.1 Å². The molecule has 0 amide bonds. The number of unbranched alkanes of at least 4 members (excludes halogenated alkanes) is 3. The summed E-state index contributed by atoms with van der Waals surface area (Å²) in [7, 11) is 0. The third-order valence-corrected chi connectivity index (χ3v) is 8.89. The summed E-state index contributed by atoms with van der Waals surface area (Å²) in [6.07, 6.45) is 22.0. The molecule has 0 N–H and O–H groups in total. The molecule has 192 valence electrons. The van der Waals surface area contributed by atoms with Crippen LogP contribution in [0.25, 0.3) is 0 Å². The molecule has 35 heavy (non-hydrogen) atoms. The van der Waals surface area contributed by atoms with Crippen LogP contribution in [0.1, 0.15) is 133 Å². The highest BCUT2D eigenvalue weighted by Crippen LogP contribution is 2.36. The van der Waals surface area contributed by atoms with Crippen LogP contribution in [-0.4, -0.2) is 6.61 Å². The third-order valence-electron chi connectivity index (χ3n) is 8.89. The molecule has 0 radical (unpaired) electrons. The van der Waals surface area contributed by atoms with Gasteiger partial charge in [-0.05, 0) is 61.0 Å². The van der Waals surface area contributed by atoms with Gasteiger partial charge >= 0.3 is 0 Å². The van der Waals surface area contributed by atoms with Crippen LogP contribution in [-0.2, 0) is 6.42 Å². The first-order valence-electron chi connectivity index (χ1n) is 14.8. The number of rotatable bonds is 13. The van der Waals surface area contributed by atoms with Crippen molar-refractivity contribution in [1.82, 2.24) is 0 Å². The van der Waals surface area contributed by atoms with Crippen molar-refractivity contribution in [1.29, 1.82) is 10.5 Å². The second-order valence-electron chi connectivity index (χ2n) is 11.5. The van der Waals surface area contributed by atoms with Crippen LogP contribution in [0.5, 0.6) is 5.75 Å². The van der Waals surface area contributed by atoms with E-state index in [0.29, 0.717) is 29.4 Å². The van der Waals surface area contributed by atoms with Gasteiger partial charge in [-0.3, -0.25) is 0 Å². The van der Waals surface area contributed by atoms with Gasteiger partial charge < -0.3 is 4.74 Å². The number of aryl methyl sites for hydroxylation is 1. The van der Waals surface area contributed by atoms with Crippen LogP contribution in [0, 0.1) is 46.3 Å². The molecule has 1 aromatic rings. The Kier molecular flexibility index (Phi) is 12.0. The maximum atomic E-state index is 9.89. The van der Waals surface area contributed by atoms with Crippen molar-refractivity contribution in [3.63, 3.8) is 0 Å². The first kappa shape index (κ1) is 27.6. The van der Waals surface area contributed by atoms with Crippen LogP contribution in [0.15, 0.2) is 12.1 Å². The fraction of sp³-hybridized carbons (Fsp3) is 0.750. The van der Waals surface area contributed by atoms with Crippen molar-refractivity contribution < 1.29 is 4.74 Å². The Morgan fingerprint density at radius 2 is 1.23 bits per heavy atom. The summed E-state index contributed by atoms with van der Waals surface area (Å²) >= 11 is 0. The maximum absolute atomic E-state index is 9.89. The van der Waals surface area contributed by atoms with Gasteiger partial charge in [-0.25, -0.2) is 0 Å². The smallest absolute Gasteiger partial charge is 0.138 e. The highest BCUT2D eigenvalue weighted by atomic mass is 16.5. The van der Waals surface area contributed by atoms with Crippen molar-refractivity contribution >= 4 is 0 Å². The molecular weight excluding hydrogens is 428 g/mol. The highest BCUT2D eigenvalue weighted by Gasteiger charge is 2.24. The zero-order valence-electron chi connectivity index (χ0n) is 22.5. The molecule has 0 spiro atoms. The molecule has 0 atom stereocenters.